The van der Waals surface area contributed by atoms with E-state index in [0.717, 1.165) is 25.7 Å². The lowest BCUT2D eigenvalue weighted by atomic mass is 10.1. The third-order valence-corrected chi connectivity index (χ3v) is 4.15. The van der Waals surface area contributed by atoms with Crippen LogP contribution in [-0.2, 0) is 19.1 Å². The number of ether oxygens (including phenoxy) is 2. The third-order valence-electron chi connectivity index (χ3n) is 3.78. The van der Waals surface area contributed by atoms with Crippen LogP contribution >= 0.6 is 25.3 Å². The summed E-state index contributed by atoms with van der Waals surface area (Å²) in [6.45, 7) is 3.70. The Morgan fingerprint density at radius 2 is 1.20 bits per heavy atom. The molecule has 0 aromatic carbocycles. The zero-order valence-electron chi connectivity index (χ0n) is 11.9. The van der Waals surface area contributed by atoms with E-state index < -0.39 is 11.2 Å². The minimum absolute atomic E-state index is 0.0268. The van der Waals surface area contributed by atoms with Crippen LogP contribution in [0.25, 0.3) is 0 Å². The molecule has 4 nitrogen and oxygen atoms in total. The van der Waals surface area contributed by atoms with Gasteiger partial charge in [0.2, 0.25) is 0 Å². The van der Waals surface area contributed by atoms with Gasteiger partial charge < -0.3 is 9.47 Å². The average molecular weight is 318 g/mol. The van der Waals surface area contributed by atoms with Crippen molar-refractivity contribution in [2.45, 2.75) is 74.1 Å². The molecule has 0 bridgehead atoms. The lowest BCUT2D eigenvalue weighted by Crippen LogP contribution is -2.40. The minimum Gasteiger partial charge on any atom is -0.455 e. The Hall–Kier alpha value is -0.360. The molecular formula is C14H22O4S2. The number of carbonyl (C=O) groups is 2. The van der Waals surface area contributed by atoms with Crippen molar-refractivity contribution in [3.8, 4) is 0 Å². The maximum atomic E-state index is 11.8. The van der Waals surface area contributed by atoms with E-state index in [1.54, 1.807) is 0 Å². The number of hydrogen-bond acceptors (Lipinski definition) is 6. The highest BCUT2D eigenvalue weighted by Crippen LogP contribution is 2.62. The Balaban J connectivity index is 1.92. The molecule has 20 heavy (non-hydrogen) atoms. The van der Waals surface area contributed by atoms with E-state index in [1.807, 2.05) is 13.8 Å². The quantitative estimate of drug-likeness (QED) is 0.559. The monoisotopic (exact) mass is 318 g/mol. The molecule has 2 unspecified atom stereocenters. The molecule has 2 rings (SSSR count). The first kappa shape index (κ1) is 16.0. The third kappa shape index (κ3) is 3.64. The topological polar surface area (TPSA) is 52.6 Å². The smallest absolute Gasteiger partial charge is 0.307 e. The molecule has 0 spiro atoms. The second kappa shape index (κ2) is 5.79. The lowest BCUT2D eigenvalue weighted by molar-refractivity contribution is -0.176. The molecular weight excluding hydrogens is 296 g/mol. The van der Waals surface area contributed by atoms with E-state index in [1.165, 1.54) is 0 Å². The molecule has 2 saturated carbocycles. The maximum absolute atomic E-state index is 11.8. The lowest BCUT2D eigenvalue weighted by Gasteiger charge is -2.27. The predicted octanol–water partition coefficient (Wildman–Crippen LogP) is 2.55. The van der Waals surface area contributed by atoms with Gasteiger partial charge in [0.25, 0.3) is 0 Å². The van der Waals surface area contributed by atoms with Gasteiger partial charge in [-0.1, -0.05) is 13.8 Å². The van der Waals surface area contributed by atoms with Gasteiger partial charge in [-0.3, -0.25) is 9.59 Å². The molecule has 2 aliphatic rings. The van der Waals surface area contributed by atoms with Crippen molar-refractivity contribution in [2.24, 2.45) is 0 Å². The van der Waals surface area contributed by atoms with E-state index in [9.17, 15) is 9.59 Å². The van der Waals surface area contributed by atoms with Crippen molar-refractivity contribution in [3.63, 3.8) is 0 Å². The Labute approximate surface area is 130 Å². The number of esters is 2. The Morgan fingerprint density at radius 3 is 1.40 bits per heavy atom. The van der Waals surface area contributed by atoms with Crippen molar-refractivity contribution in [1.82, 2.24) is 0 Å². The summed E-state index contributed by atoms with van der Waals surface area (Å²) in [5.41, 5.74) is -1.13. The second-order valence-electron chi connectivity index (χ2n) is 6.04. The molecule has 0 saturated heterocycles. The fraction of sp³-hybridized carbons (Fsp3) is 0.857. The van der Waals surface area contributed by atoms with Crippen LogP contribution in [0.1, 0.15) is 52.4 Å². The molecule has 0 aromatic rings. The number of carbonyl (C=O) groups excluding carboxylic acids is 2. The van der Waals surface area contributed by atoms with Crippen molar-refractivity contribution < 1.29 is 19.1 Å². The normalized spacial score (nSPS) is 24.4. The highest BCUT2D eigenvalue weighted by Gasteiger charge is 2.71. The Morgan fingerprint density at radius 1 is 0.900 bits per heavy atom. The molecule has 2 aliphatic carbocycles. The van der Waals surface area contributed by atoms with Gasteiger partial charge in [0, 0.05) is 10.5 Å². The van der Waals surface area contributed by atoms with Crippen LogP contribution in [0.5, 0.6) is 0 Å². The summed E-state index contributed by atoms with van der Waals surface area (Å²) in [6, 6.07) is 0. The highest BCUT2D eigenvalue weighted by molar-refractivity contribution is 7.81. The Bertz CT molecular complexity index is 360. The van der Waals surface area contributed by atoms with Crippen molar-refractivity contribution in [1.29, 1.82) is 0 Å². The summed E-state index contributed by atoms with van der Waals surface area (Å²) in [5, 5.41) is -0.0536. The van der Waals surface area contributed by atoms with Crippen LogP contribution in [0.4, 0.5) is 0 Å². The summed E-state index contributed by atoms with van der Waals surface area (Å²) < 4.78 is 11.2. The maximum Gasteiger partial charge on any atom is 0.307 e. The van der Waals surface area contributed by atoms with E-state index in [2.05, 4.69) is 25.3 Å². The van der Waals surface area contributed by atoms with Crippen molar-refractivity contribution >= 4 is 37.2 Å². The van der Waals surface area contributed by atoms with Crippen LogP contribution < -0.4 is 0 Å². The SMILES string of the molecule is CC(S)CC(=O)OC1(C2(OC(=O)CC(C)S)CC2)CC1. The molecule has 0 amide bonds. The van der Waals surface area contributed by atoms with E-state index in [4.69, 9.17) is 9.47 Å². The summed E-state index contributed by atoms with van der Waals surface area (Å²) in [6.07, 6.45) is 3.69. The molecule has 0 heterocycles. The van der Waals surface area contributed by atoms with E-state index >= 15 is 0 Å². The van der Waals surface area contributed by atoms with Crippen LogP contribution in [0.2, 0.25) is 0 Å². The first-order valence-corrected chi connectivity index (χ1v) is 8.12. The fourth-order valence-electron chi connectivity index (χ4n) is 2.53. The second-order valence-corrected chi connectivity index (χ2v) is 7.81. The first-order chi connectivity index (χ1) is 9.28. The van der Waals surface area contributed by atoms with Gasteiger partial charge in [-0.25, -0.2) is 0 Å². The molecule has 0 aliphatic heterocycles. The summed E-state index contributed by atoms with van der Waals surface area (Å²) in [4.78, 5) is 23.6. The standard InChI is InChI=1S/C14H22O4S2/c1-9(19)7-11(15)17-13(3-4-13)14(5-6-14)18-12(16)8-10(2)20/h9-10,19-20H,3-8H2,1-2H3. The van der Waals surface area contributed by atoms with Crippen LogP contribution in [0.3, 0.4) is 0 Å². The average Bonchev–Trinajstić information content (AvgIpc) is 3.12. The molecule has 2 fully saturated rings. The molecule has 0 N–H and O–H groups in total. The zero-order valence-corrected chi connectivity index (χ0v) is 13.7. The van der Waals surface area contributed by atoms with Crippen LogP contribution in [-0.4, -0.2) is 33.6 Å². The van der Waals surface area contributed by atoms with Gasteiger partial charge in [-0.05, 0) is 25.7 Å². The molecule has 114 valence electrons. The summed E-state index contributed by atoms with van der Waals surface area (Å²) >= 11 is 8.39. The van der Waals surface area contributed by atoms with Gasteiger partial charge >= 0.3 is 11.9 Å². The van der Waals surface area contributed by atoms with Crippen LogP contribution in [0.15, 0.2) is 0 Å². The predicted molar refractivity (Wildman–Crippen MR) is 82.2 cm³/mol. The molecule has 2 atom stereocenters. The fourth-order valence-corrected chi connectivity index (χ4v) is 2.83. The summed E-state index contributed by atoms with van der Waals surface area (Å²) in [7, 11) is 0. The molecule has 6 heteroatoms. The number of hydrogen-bond donors (Lipinski definition) is 2. The Kier molecular flexibility index (Phi) is 4.64. The largest absolute Gasteiger partial charge is 0.455 e. The van der Waals surface area contributed by atoms with E-state index in [-0.39, 0.29) is 35.3 Å². The van der Waals surface area contributed by atoms with Gasteiger partial charge in [0.05, 0.1) is 12.8 Å². The summed E-state index contributed by atoms with van der Waals surface area (Å²) in [5.74, 6) is -0.509. The first-order valence-electron chi connectivity index (χ1n) is 7.08. The van der Waals surface area contributed by atoms with E-state index in [0.29, 0.717) is 0 Å². The minimum atomic E-state index is -0.567. The van der Waals surface area contributed by atoms with Crippen molar-refractivity contribution in [3.05, 3.63) is 0 Å². The highest BCUT2D eigenvalue weighted by atomic mass is 32.1. The van der Waals surface area contributed by atoms with Gasteiger partial charge in [0.1, 0.15) is 0 Å². The number of rotatable bonds is 7. The molecule has 0 radical (unpaired) electrons. The zero-order chi connectivity index (χ0) is 15.0. The number of thiol groups is 2. The van der Waals surface area contributed by atoms with Gasteiger partial charge in [-0.15, -0.1) is 0 Å². The van der Waals surface area contributed by atoms with Gasteiger partial charge in [-0.2, -0.15) is 25.3 Å². The van der Waals surface area contributed by atoms with Crippen molar-refractivity contribution in [2.75, 3.05) is 0 Å². The molecule has 0 aromatic heterocycles. The van der Waals surface area contributed by atoms with Crippen LogP contribution in [0, 0.1) is 0 Å². The van der Waals surface area contributed by atoms with Gasteiger partial charge in [0.15, 0.2) is 11.2 Å².